The van der Waals surface area contributed by atoms with E-state index in [4.69, 9.17) is 0 Å². The highest BCUT2D eigenvalue weighted by atomic mass is 16.1. The lowest BCUT2D eigenvalue weighted by Crippen LogP contribution is -2.30. The van der Waals surface area contributed by atoms with Crippen LogP contribution in [-0.2, 0) is 4.79 Å². The SMILES string of the molecule is C=C(C)/C(=C\NCC)N=CC(C)N[C@@H](C)c1cc(NC(=O)CC2(C)C=CC(CC)=CC2)ccc1C. The molecule has 1 aromatic rings. The molecule has 0 radical (unpaired) electrons. The smallest absolute Gasteiger partial charge is 0.225 e. The van der Waals surface area contributed by atoms with Gasteiger partial charge in [-0.05, 0) is 81.7 Å². The van der Waals surface area contributed by atoms with Gasteiger partial charge in [-0.3, -0.25) is 9.79 Å². The summed E-state index contributed by atoms with van der Waals surface area (Å²) in [5.74, 6) is 0.0428. The quantitative estimate of drug-likeness (QED) is 0.231. The summed E-state index contributed by atoms with van der Waals surface area (Å²) >= 11 is 0. The summed E-state index contributed by atoms with van der Waals surface area (Å²) < 4.78 is 0. The van der Waals surface area contributed by atoms with Crippen LogP contribution in [0.5, 0.6) is 0 Å². The largest absolute Gasteiger partial charge is 0.389 e. The fraction of sp³-hybridized carbons (Fsp3) is 0.467. The lowest BCUT2D eigenvalue weighted by atomic mass is 9.78. The summed E-state index contributed by atoms with van der Waals surface area (Å²) in [6, 6.07) is 6.28. The molecule has 0 fully saturated rings. The van der Waals surface area contributed by atoms with Gasteiger partial charge in [-0.2, -0.15) is 0 Å². The van der Waals surface area contributed by atoms with Gasteiger partial charge in [-0.1, -0.05) is 50.3 Å². The van der Waals surface area contributed by atoms with Crippen LogP contribution < -0.4 is 16.0 Å². The number of aryl methyl sites for hydroxylation is 1. The highest BCUT2D eigenvalue weighted by molar-refractivity contribution is 5.91. The second kappa shape index (κ2) is 13.2. The number of rotatable bonds is 12. The number of hydrogen-bond acceptors (Lipinski definition) is 4. The number of anilines is 1. The van der Waals surface area contributed by atoms with Gasteiger partial charge in [0, 0.05) is 43.2 Å². The summed E-state index contributed by atoms with van der Waals surface area (Å²) in [5, 5.41) is 9.89. The van der Waals surface area contributed by atoms with Crippen molar-refractivity contribution in [2.24, 2.45) is 10.4 Å². The Balaban J connectivity index is 2.02. The predicted molar refractivity (Wildman–Crippen MR) is 151 cm³/mol. The number of nitrogens with zero attached hydrogens (tertiary/aromatic N) is 1. The van der Waals surface area contributed by atoms with E-state index in [1.807, 2.05) is 32.3 Å². The van der Waals surface area contributed by atoms with E-state index in [-0.39, 0.29) is 23.4 Å². The topological polar surface area (TPSA) is 65.5 Å². The summed E-state index contributed by atoms with van der Waals surface area (Å²) in [4.78, 5) is 17.4. The molecule has 1 aliphatic carbocycles. The first-order valence-corrected chi connectivity index (χ1v) is 12.7. The number of benzene rings is 1. The Labute approximate surface area is 212 Å². The highest BCUT2D eigenvalue weighted by Gasteiger charge is 2.26. The summed E-state index contributed by atoms with van der Waals surface area (Å²) in [7, 11) is 0. The summed E-state index contributed by atoms with van der Waals surface area (Å²) in [5.41, 5.74) is 6.14. The first-order chi connectivity index (χ1) is 16.6. The Morgan fingerprint density at radius 1 is 1.29 bits per heavy atom. The van der Waals surface area contributed by atoms with Crippen molar-refractivity contribution in [3.8, 4) is 0 Å². The molecule has 1 aliphatic rings. The molecule has 2 rings (SSSR count). The maximum atomic E-state index is 12.8. The first kappa shape index (κ1) is 28.3. The number of nitrogens with one attached hydrogen (secondary N) is 3. The van der Waals surface area contributed by atoms with Crippen molar-refractivity contribution in [3.05, 3.63) is 77.2 Å². The number of hydrogen-bond donors (Lipinski definition) is 3. The molecule has 35 heavy (non-hydrogen) atoms. The second-order valence-corrected chi connectivity index (χ2v) is 9.94. The maximum Gasteiger partial charge on any atom is 0.225 e. The molecule has 0 heterocycles. The molecule has 2 unspecified atom stereocenters. The number of allylic oxidation sites excluding steroid dienone is 5. The third-order valence-corrected chi connectivity index (χ3v) is 6.36. The maximum absolute atomic E-state index is 12.8. The van der Waals surface area contributed by atoms with E-state index in [0.717, 1.165) is 41.9 Å². The van der Waals surface area contributed by atoms with E-state index in [9.17, 15) is 4.79 Å². The van der Waals surface area contributed by atoms with Gasteiger partial charge in [0.1, 0.15) is 0 Å². The van der Waals surface area contributed by atoms with Crippen LogP contribution >= 0.6 is 0 Å². The molecule has 3 N–H and O–H groups in total. The Kier molecular flexibility index (Phi) is 10.7. The molecule has 3 atom stereocenters. The summed E-state index contributed by atoms with van der Waals surface area (Å²) in [6.07, 6.45) is 12.8. The Morgan fingerprint density at radius 2 is 2.03 bits per heavy atom. The van der Waals surface area contributed by atoms with E-state index < -0.39 is 0 Å². The molecule has 5 heteroatoms. The number of amides is 1. The molecule has 0 aliphatic heterocycles. The van der Waals surface area contributed by atoms with Crippen molar-refractivity contribution in [2.45, 2.75) is 79.8 Å². The Bertz CT molecular complexity index is 1020. The van der Waals surface area contributed by atoms with Gasteiger partial charge in [-0.25, -0.2) is 0 Å². The molecular formula is C30H44N4O. The van der Waals surface area contributed by atoms with Crippen molar-refractivity contribution in [2.75, 3.05) is 11.9 Å². The molecule has 0 spiro atoms. The highest BCUT2D eigenvalue weighted by Crippen LogP contribution is 2.34. The minimum Gasteiger partial charge on any atom is -0.389 e. The third kappa shape index (κ3) is 8.99. The van der Waals surface area contributed by atoms with E-state index >= 15 is 0 Å². The average Bonchev–Trinajstić information content (AvgIpc) is 2.80. The van der Waals surface area contributed by atoms with Crippen LogP contribution in [0.4, 0.5) is 5.69 Å². The van der Waals surface area contributed by atoms with Crippen LogP contribution in [0.1, 0.15) is 78.0 Å². The van der Waals surface area contributed by atoms with Gasteiger partial charge in [0.25, 0.3) is 0 Å². The standard InChI is InChI=1S/C30H44N4O/c1-9-25-13-15-30(8,16-14-25)18-29(35)34-26-12-11-22(5)27(17-26)24(7)33-23(6)19-32-28(21(3)4)20-31-10-2/h11-15,17,19-20,23-24,31,33H,3,9-10,16,18H2,1-2,4-8H3,(H,34,35)/b28-20+,32-19?/t23?,24-,30?/m0/s1. The van der Waals surface area contributed by atoms with E-state index in [1.54, 1.807) is 0 Å². The summed E-state index contributed by atoms with van der Waals surface area (Å²) in [6.45, 7) is 19.5. The van der Waals surface area contributed by atoms with Gasteiger partial charge < -0.3 is 16.0 Å². The Morgan fingerprint density at radius 3 is 2.63 bits per heavy atom. The fourth-order valence-corrected chi connectivity index (χ4v) is 4.15. The zero-order chi connectivity index (χ0) is 26.0. The molecule has 5 nitrogen and oxygen atoms in total. The van der Waals surface area contributed by atoms with Crippen LogP contribution in [0.25, 0.3) is 0 Å². The molecule has 1 amide bonds. The van der Waals surface area contributed by atoms with Gasteiger partial charge in [0.15, 0.2) is 0 Å². The minimum absolute atomic E-state index is 0.0428. The van der Waals surface area contributed by atoms with Gasteiger partial charge in [0.2, 0.25) is 5.91 Å². The molecule has 190 valence electrons. The third-order valence-electron chi connectivity index (χ3n) is 6.36. The fourth-order valence-electron chi connectivity index (χ4n) is 4.15. The second-order valence-electron chi connectivity index (χ2n) is 9.94. The van der Waals surface area contributed by atoms with Crippen LogP contribution in [0.3, 0.4) is 0 Å². The van der Waals surface area contributed by atoms with Crippen molar-refractivity contribution < 1.29 is 4.79 Å². The van der Waals surface area contributed by atoms with Crippen molar-refractivity contribution in [3.63, 3.8) is 0 Å². The normalized spacial score (nSPS) is 19.9. The van der Waals surface area contributed by atoms with Gasteiger partial charge >= 0.3 is 0 Å². The average molecular weight is 477 g/mol. The lowest BCUT2D eigenvalue weighted by Gasteiger charge is -2.27. The Hall–Kier alpha value is -2.92. The lowest BCUT2D eigenvalue weighted by molar-refractivity contribution is -0.117. The van der Waals surface area contributed by atoms with Crippen molar-refractivity contribution in [1.29, 1.82) is 0 Å². The van der Waals surface area contributed by atoms with Crippen molar-refractivity contribution in [1.82, 2.24) is 10.6 Å². The molecule has 0 aromatic heterocycles. The van der Waals surface area contributed by atoms with E-state index in [2.05, 4.69) is 92.5 Å². The van der Waals surface area contributed by atoms with E-state index in [1.165, 1.54) is 11.1 Å². The van der Waals surface area contributed by atoms with Crippen LogP contribution in [0.2, 0.25) is 0 Å². The molecule has 0 saturated heterocycles. The minimum atomic E-state index is -0.135. The molecule has 0 bridgehead atoms. The van der Waals surface area contributed by atoms with E-state index in [0.29, 0.717) is 6.42 Å². The monoisotopic (exact) mass is 476 g/mol. The van der Waals surface area contributed by atoms with Crippen LogP contribution in [0, 0.1) is 12.3 Å². The molecular weight excluding hydrogens is 432 g/mol. The number of aliphatic imine (C=N–C) groups is 1. The zero-order valence-corrected chi connectivity index (χ0v) is 22.7. The van der Waals surface area contributed by atoms with Crippen LogP contribution in [-0.4, -0.2) is 24.7 Å². The van der Waals surface area contributed by atoms with Gasteiger partial charge in [0.05, 0.1) is 5.70 Å². The molecule has 0 saturated carbocycles. The van der Waals surface area contributed by atoms with Crippen LogP contribution in [0.15, 0.2) is 71.0 Å². The number of carbonyl (C=O) groups is 1. The van der Waals surface area contributed by atoms with Gasteiger partial charge in [-0.15, -0.1) is 0 Å². The molecule has 1 aromatic carbocycles. The first-order valence-electron chi connectivity index (χ1n) is 12.7. The predicted octanol–water partition coefficient (Wildman–Crippen LogP) is 6.76. The number of carbonyl (C=O) groups excluding carboxylic acids is 1. The van der Waals surface area contributed by atoms with Crippen molar-refractivity contribution >= 4 is 17.8 Å². The zero-order valence-electron chi connectivity index (χ0n) is 22.7.